The summed E-state index contributed by atoms with van der Waals surface area (Å²) in [5.41, 5.74) is 1.72. The molecule has 8 heteroatoms. The largest absolute Gasteiger partial charge is 0.489 e. The lowest BCUT2D eigenvalue weighted by Crippen LogP contribution is -2.49. The number of ether oxygens (including phenoxy) is 1. The summed E-state index contributed by atoms with van der Waals surface area (Å²) in [6.45, 7) is 2.01. The van der Waals surface area contributed by atoms with Gasteiger partial charge in [-0.15, -0.1) is 10.2 Å². The first-order chi connectivity index (χ1) is 14.0. The molecule has 8 nitrogen and oxygen atoms in total. The van der Waals surface area contributed by atoms with Gasteiger partial charge >= 0.3 is 0 Å². The predicted molar refractivity (Wildman–Crippen MR) is 107 cm³/mol. The molecule has 0 bridgehead atoms. The highest BCUT2D eigenvalue weighted by Crippen LogP contribution is 2.29. The van der Waals surface area contributed by atoms with Gasteiger partial charge in [-0.25, -0.2) is 0 Å². The number of aromatic nitrogens is 3. The summed E-state index contributed by atoms with van der Waals surface area (Å²) in [6.07, 6.45) is 0. The van der Waals surface area contributed by atoms with Crippen LogP contribution in [0.3, 0.4) is 0 Å². The third kappa shape index (κ3) is 3.69. The van der Waals surface area contributed by atoms with E-state index in [1.165, 1.54) is 4.90 Å². The molecule has 2 amide bonds. The molecule has 1 aromatic heterocycles. The Morgan fingerprint density at radius 3 is 2.69 bits per heavy atom. The van der Waals surface area contributed by atoms with Crippen LogP contribution in [-0.4, -0.2) is 46.7 Å². The lowest BCUT2D eigenvalue weighted by atomic mass is 10.0. The molecule has 2 atom stereocenters. The van der Waals surface area contributed by atoms with Crippen molar-refractivity contribution in [3.8, 4) is 5.75 Å². The van der Waals surface area contributed by atoms with Gasteiger partial charge < -0.3 is 19.9 Å². The van der Waals surface area contributed by atoms with Crippen LogP contribution in [0.25, 0.3) is 0 Å². The molecular formula is C21H21N5O3. The Kier molecular flexibility index (Phi) is 4.99. The van der Waals surface area contributed by atoms with E-state index in [9.17, 15) is 9.59 Å². The van der Waals surface area contributed by atoms with E-state index in [1.54, 1.807) is 19.2 Å². The highest BCUT2D eigenvalue weighted by atomic mass is 16.5. The van der Waals surface area contributed by atoms with Crippen LogP contribution in [0.4, 0.5) is 5.69 Å². The number of hydrogen-bond acceptors (Lipinski definition) is 5. The predicted octanol–water partition coefficient (Wildman–Crippen LogP) is 2.11. The maximum atomic E-state index is 12.8. The van der Waals surface area contributed by atoms with Crippen LogP contribution in [0.2, 0.25) is 0 Å². The number of fused-ring (bicyclic) bond motifs is 1. The monoisotopic (exact) mass is 391 g/mol. The molecule has 1 aliphatic rings. The Balaban J connectivity index is 1.47. The van der Waals surface area contributed by atoms with Crippen LogP contribution in [0.5, 0.6) is 5.75 Å². The molecule has 1 aliphatic heterocycles. The highest BCUT2D eigenvalue weighted by Gasteiger charge is 2.31. The van der Waals surface area contributed by atoms with Crippen molar-refractivity contribution in [3.05, 3.63) is 71.8 Å². The molecule has 0 unspecified atom stereocenters. The van der Waals surface area contributed by atoms with Gasteiger partial charge in [-0.3, -0.25) is 9.59 Å². The first kappa shape index (κ1) is 18.7. The Morgan fingerprint density at radius 2 is 1.90 bits per heavy atom. The molecule has 0 saturated carbocycles. The smallest absolute Gasteiger partial charge is 0.289 e. The van der Waals surface area contributed by atoms with Crippen LogP contribution >= 0.6 is 0 Å². The Morgan fingerprint density at radius 1 is 1.17 bits per heavy atom. The number of rotatable bonds is 4. The summed E-state index contributed by atoms with van der Waals surface area (Å²) in [7, 11) is 1.66. The maximum Gasteiger partial charge on any atom is 0.289 e. The molecule has 29 heavy (non-hydrogen) atoms. The molecular weight excluding hydrogens is 370 g/mol. The summed E-state index contributed by atoms with van der Waals surface area (Å²) < 4.78 is 5.72. The van der Waals surface area contributed by atoms with Crippen LogP contribution < -0.4 is 15.0 Å². The zero-order chi connectivity index (χ0) is 20.4. The van der Waals surface area contributed by atoms with Gasteiger partial charge in [0.15, 0.2) is 0 Å². The van der Waals surface area contributed by atoms with Crippen molar-refractivity contribution in [2.24, 2.45) is 0 Å². The zero-order valence-corrected chi connectivity index (χ0v) is 16.1. The highest BCUT2D eigenvalue weighted by molar-refractivity contribution is 6.02. The normalized spacial score (nSPS) is 17.1. The second kappa shape index (κ2) is 7.75. The minimum Gasteiger partial charge on any atom is -0.489 e. The lowest BCUT2D eigenvalue weighted by molar-refractivity contribution is -0.120. The molecule has 2 heterocycles. The van der Waals surface area contributed by atoms with Gasteiger partial charge in [-0.05, 0) is 17.7 Å². The Bertz CT molecular complexity index is 1030. The molecule has 2 aromatic carbocycles. The van der Waals surface area contributed by atoms with Gasteiger partial charge in [0, 0.05) is 13.0 Å². The van der Waals surface area contributed by atoms with Gasteiger partial charge in [0.25, 0.3) is 11.8 Å². The van der Waals surface area contributed by atoms with E-state index in [2.05, 4.69) is 20.5 Å². The first-order valence-corrected chi connectivity index (χ1v) is 9.32. The molecule has 148 valence electrons. The number of carbonyl (C=O) groups is 2. The standard InChI is InChI=1S/C21H21N5O3/c1-13(14-8-4-3-5-9-14)18-23-19(25-24-18)20(27)22-15-12-29-17-11-7-6-10-16(17)26(2)21(15)28/h3-11,13,15H,12H2,1-2H3,(H,22,27)(H,23,24,25)/t13-,15-/m0/s1. The van der Waals surface area contributed by atoms with Crippen molar-refractivity contribution in [2.75, 3.05) is 18.6 Å². The summed E-state index contributed by atoms with van der Waals surface area (Å²) in [6, 6.07) is 16.2. The second-order valence-corrected chi connectivity index (χ2v) is 6.89. The molecule has 2 N–H and O–H groups in total. The number of aromatic amines is 1. The minimum absolute atomic E-state index is 0.0351. The number of likely N-dealkylation sites (N-methyl/N-ethyl adjacent to an activating group) is 1. The number of nitrogens with one attached hydrogen (secondary N) is 2. The fourth-order valence-electron chi connectivity index (χ4n) is 3.25. The molecule has 0 radical (unpaired) electrons. The summed E-state index contributed by atoms with van der Waals surface area (Å²) in [5.74, 6) is 0.410. The van der Waals surface area contributed by atoms with Crippen LogP contribution in [0.1, 0.15) is 34.8 Å². The number of H-pyrrole nitrogens is 1. The summed E-state index contributed by atoms with van der Waals surface area (Å²) in [4.78, 5) is 29.9. The molecule has 0 aliphatic carbocycles. The Labute approximate surface area is 167 Å². The second-order valence-electron chi connectivity index (χ2n) is 6.89. The van der Waals surface area contributed by atoms with Gasteiger partial charge in [0.1, 0.15) is 24.2 Å². The quantitative estimate of drug-likeness (QED) is 0.710. The lowest BCUT2D eigenvalue weighted by Gasteiger charge is -2.19. The van der Waals surface area contributed by atoms with Crippen LogP contribution in [-0.2, 0) is 4.79 Å². The molecule has 0 fully saturated rings. The van der Waals surface area contributed by atoms with Crippen molar-refractivity contribution in [3.63, 3.8) is 0 Å². The number of hydrogen-bond donors (Lipinski definition) is 2. The maximum absolute atomic E-state index is 12.8. The third-order valence-electron chi connectivity index (χ3n) is 5.00. The summed E-state index contributed by atoms with van der Waals surface area (Å²) in [5, 5.41) is 10.7. The number of para-hydroxylation sites is 2. The van der Waals surface area contributed by atoms with Crippen molar-refractivity contribution >= 4 is 17.5 Å². The third-order valence-corrected chi connectivity index (χ3v) is 5.00. The van der Waals surface area contributed by atoms with E-state index in [0.29, 0.717) is 17.3 Å². The van der Waals surface area contributed by atoms with Gasteiger partial charge in [0.2, 0.25) is 5.82 Å². The van der Waals surface area contributed by atoms with Gasteiger partial charge in [-0.1, -0.05) is 49.4 Å². The fourth-order valence-corrected chi connectivity index (χ4v) is 3.25. The topological polar surface area (TPSA) is 100 Å². The fraction of sp³-hybridized carbons (Fsp3) is 0.238. The first-order valence-electron chi connectivity index (χ1n) is 9.32. The molecule has 4 rings (SSSR count). The van der Waals surface area contributed by atoms with Gasteiger partial charge in [0.05, 0.1) is 5.69 Å². The van der Waals surface area contributed by atoms with E-state index in [4.69, 9.17) is 4.74 Å². The average Bonchev–Trinajstić information content (AvgIpc) is 3.22. The van der Waals surface area contributed by atoms with E-state index < -0.39 is 11.9 Å². The molecule has 0 spiro atoms. The van der Waals surface area contributed by atoms with Crippen LogP contribution in [0, 0.1) is 0 Å². The Hall–Kier alpha value is -3.68. The number of carbonyl (C=O) groups excluding carboxylic acids is 2. The zero-order valence-electron chi connectivity index (χ0n) is 16.1. The van der Waals surface area contributed by atoms with E-state index >= 15 is 0 Å². The SMILES string of the molecule is C[C@@H](c1ccccc1)c1nnc(C(=O)N[C@H]2COc3ccccc3N(C)C2=O)[nH]1. The number of nitrogens with zero attached hydrogens (tertiary/aromatic N) is 3. The van der Waals surface area contributed by atoms with Gasteiger partial charge in [-0.2, -0.15) is 0 Å². The molecule has 0 saturated heterocycles. The van der Waals surface area contributed by atoms with E-state index in [-0.39, 0.29) is 24.3 Å². The van der Waals surface area contributed by atoms with Crippen LogP contribution in [0.15, 0.2) is 54.6 Å². The number of amides is 2. The van der Waals surface area contributed by atoms with E-state index in [1.807, 2.05) is 49.4 Å². The van der Waals surface area contributed by atoms with Crippen molar-refractivity contribution in [2.45, 2.75) is 18.9 Å². The van der Waals surface area contributed by atoms with Crippen molar-refractivity contribution in [1.82, 2.24) is 20.5 Å². The van der Waals surface area contributed by atoms with Crippen molar-refractivity contribution in [1.29, 1.82) is 0 Å². The average molecular weight is 391 g/mol. The number of benzene rings is 2. The number of anilines is 1. The summed E-state index contributed by atoms with van der Waals surface area (Å²) >= 11 is 0. The minimum atomic E-state index is -0.833. The van der Waals surface area contributed by atoms with E-state index in [0.717, 1.165) is 5.56 Å². The molecule has 3 aromatic rings. The van der Waals surface area contributed by atoms with Crippen molar-refractivity contribution < 1.29 is 14.3 Å².